The minimum absolute atomic E-state index is 0.130. The number of carbonyl (C=O) groups excluding carboxylic acids is 1. The van der Waals surface area contributed by atoms with Gasteiger partial charge in [-0.05, 0) is 54.1 Å². The van der Waals surface area contributed by atoms with Crippen molar-refractivity contribution in [2.24, 2.45) is 0 Å². The molecule has 5 N–H and O–H groups in total. The van der Waals surface area contributed by atoms with Crippen LogP contribution in [0, 0.1) is 0 Å². The first kappa shape index (κ1) is 20.7. The molecule has 0 saturated carbocycles. The van der Waals surface area contributed by atoms with Crippen LogP contribution in [0.3, 0.4) is 0 Å². The summed E-state index contributed by atoms with van der Waals surface area (Å²) in [4.78, 5) is 12.7. The molecule has 0 aromatic heterocycles. The van der Waals surface area contributed by atoms with Crippen molar-refractivity contribution in [2.75, 3.05) is 12.4 Å². The van der Waals surface area contributed by atoms with Crippen molar-refractivity contribution in [2.45, 2.75) is 18.8 Å². The zero-order valence-electron chi connectivity index (χ0n) is 17.1. The Balaban J connectivity index is 1.31. The number of anilines is 1. The summed E-state index contributed by atoms with van der Waals surface area (Å²) >= 11 is 0. The fourth-order valence-corrected chi connectivity index (χ4v) is 3.17. The maximum absolute atomic E-state index is 12.7. The van der Waals surface area contributed by atoms with Crippen molar-refractivity contribution in [1.82, 2.24) is 21.7 Å². The lowest BCUT2D eigenvalue weighted by Gasteiger charge is -2.20. The van der Waals surface area contributed by atoms with E-state index >= 15 is 0 Å². The third-order valence-corrected chi connectivity index (χ3v) is 4.85. The number of benzene rings is 3. The first-order valence-electron chi connectivity index (χ1n) is 9.97. The van der Waals surface area contributed by atoms with Gasteiger partial charge in [-0.25, -0.2) is 10.9 Å². The Labute approximate surface area is 180 Å². The number of para-hydroxylation sites is 1. The lowest BCUT2D eigenvalue weighted by Crippen LogP contribution is -2.50. The van der Waals surface area contributed by atoms with E-state index in [4.69, 9.17) is 9.47 Å². The van der Waals surface area contributed by atoms with Crippen LogP contribution in [0.4, 0.5) is 5.69 Å². The Kier molecular flexibility index (Phi) is 6.63. The summed E-state index contributed by atoms with van der Waals surface area (Å²) in [6.07, 6.45) is -0.336. The quantitative estimate of drug-likeness (QED) is 0.383. The number of hydrogen-bond acceptors (Lipinski definition) is 7. The zero-order valence-corrected chi connectivity index (χ0v) is 17.1. The van der Waals surface area contributed by atoms with Gasteiger partial charge in [-0.15, -0.1) is 0 Å². The van der Waals surface area contributed by atoms with Crippen LogP contribution in [0.2, 0.25) is 0 Å². The SMILES string of the molecule is COc1ccc(CNC(=O)C2NNNC2Nc2ccc(Oc3ccccc3)cc2)cc1. The van der Waals surface area contributed by atoms with Gasteiger partial charge in [0.25, 0.3) is 0 Å². The maximum atomic E-state index is 12.7. The smallest absolute Gasteiger partial charge is 0.242 e. The number of hydrazine groups is 2. The van der Waals surface area contributed by atoms with E-state index in [1.165, 1.54) is 0 Å². The maximum Gasteiger partial charge on any atom is 0.242 e. The molecule has 31 heavy (non-hydrogen) atoms. The van der Waals surface area contributed by atoms with Crippen molar-refractivity contribution in [3.8, 4) is 17.2 Å². The Morgan fingerprint density at radius 2 is 1.55 bits per heavy atom. The highest BCUT2D eigenvalue weighted by Crippen LogP contribution is 2.23. The molecule has 0 spiro atoms. The van der Waals surface area contributed by atoms with Crippen LogP contribution in [0.1, 0.15) is 5.56 Å². The lowest BCUT2D eigenvalue weighted by molar-refractivity contribution is -0.123. The van der Waals surface area contributed by atoms with Crippen LogP contribution in [0.25, 0.3) is 0 Å². The van der Waals surface area contributed by atoms with Crippen molar-refractivity contribution in [3.05, 3.63) is 84.4 Å². The zero-order chi connectivity index (χ0) is 21.5. The van der Waals surface area contributed by atoms with Gasteiger partial charge in [0.05, 0.1) is 7.11 Å². The van der Waals surface area contributed by atoms with Gasteiger partial charge in [0.2, 0.25) is 5.91 Å². The summed E-state index contributed by atoms with van der Waals surface area (Å²) < 4.78 is 11.0. The highest BCUT2D eigenvalue weighted by molar-refractivity contribution is 5.83. The molecule has 1 heterocycles. The van der Waals surface area contributed by atoms with Gasteiger partial charge in [0.1, 0.15) is 29.5 Å². The van der Waals surface area contributed by atoms with E-state index < -0.39 is 6.04 Å². The normalized spacial score (nSPS) is 17.7. The van der Waals surface area contributed by atoms with Crippen LogP contribution < -0.4 is 36.5 Å². The predicted molar refractivity (Wildman–Crippen MR) is 118 cm³/mol. The fraction of sp³-hybridized carbons (Fsp3) is 0.174. The molecular weight excluding hydrogens is 394 g/mol. The molecule has 1 aliphatic rings. The minimum Gasteiger partial charge on any atom is -0.497 e. The first-order chi connectivity index (χ1) is 15.2. The van der Waals surface area contributed by atoms with Crippen LogP contribution in [-0.4, -0.2) is 25.2 Å². The second-order valence-corrected chi connectivity index (χ2v) is 7.02. The molecule has 1 amide bonds. The van der Waals surface area contributed by atoms with Gasteiger partial charge in [-0.3, -0.25) is 4.79 Å². The molecule has 2 atom stereocenters. The summed E-state index contributed by atoms with van der Waals surface area (Å²) in [6, 6.07) is 24.3. The van der Waals surface area contributed by atoms with Crippen LogP contribution >= 0.6 is 0 Å². The van der Waals surface area contributed by atoms with E-state index in [1.54, 1.807) is 7.11 Å². The first-order valence-corrected chi connectivity index (χ1v) is 9.97. The summed E-state index contributed by atoms with van der Waals surface area (Å²) in [5, 5.41) is 6.26. The van der Waals surface area contributed by atoms with Gasteiger partial charge in [-0.1, -0.05) is 30.3 Å². The molecule has 1 fully saturated rings. The Bertz CT molecular complexity index is 980. The third kappa shape index (κ3) is 5.52. The largest absolute Gasteiger partial charge is 0.497 e. The van der Waals surface area contributed by atoms with Gasteiger partial charge in [0.15, 0.2) is 0 Å². The van der Waals surface area contributed by atoms with E-state index in [2.05, 4.69) is 27.0 Å². The number of hydrogen-bond donors (Lipinski definition) is 5. The van der Waals surface area contributed by atoms with Crippen LogP contribution in [-0.2, 0) is 11.3 Å². The molecule has 8 heteroatoms. The lowest BCUT2D eigenvalue weighted by atomic mass is 10.2. The number of nitrogens with one attached hydrogen (secondary N) is 5. The molecule has 3 aromatic carbocycles. The molecule has 3 aromatic rings. The molecule has 0 bridgehead atoms. The van der Waals surface area contributed by atoms with Gasteiger partial charge >= 0.3 is 0 Å². The standard InChI is InChI=1S/C23H25N5O3/c1-30-18-11-7-16(8-12-18)15-24-23(29)21-22(27-28-26-21)25-17-9-13-20(14-10-17)31-19-5-3-2-4-6-19/h2-14,21-22,25-28H,15H2,1H3,(H,24,29). The monoisotopic (exact) mass is 419 g/mol. The Morgan fingerprint density at radius 3 is 2.26 bits per heavy atom. The van der Waals surface area contributed by atoms with Gasteiger partial charge < -0.3 is 20.1 Å². The molecular formula is C23H25N5O3. The van der Waals surface area contributed by atoms with Crippen LogP contribution in [0.5, 0.6) is 17.2 Å². The molecule has 1 aliphatic heterocycles. The predicted octanol–water partition coefficient (Wildman–Crippen LogP) is 2.52. The summed E-state index contributed by atoms with van der Waals surface area (Å²) in [5.41, 5.74) is 10.6. The van der Waals surface area contributed by atoms with E-state index in [1.807, 2.05) is 78.9 Å². The third-order valence-electron chi connectivity index (χ3n) is 4.85. The average Bonchev–Trinajstić information content (AvgIpc) is 3.28. The number of ether oxygens (including phenoxy) is 2. The summed E-state index contributed by atoms with van der Waals surface area (Å²) in [6.45, 7) is 0.430. The van der Waals surface area contributed by atoms with Crippen molar-refractivity contribution in [3.63, 3.8) is 0 Å². The van der Waals surface area contributed by atoms with Crippen molar-refractivity contribution >= 4 is 11.6 Å². The average molecular weight is 419 g/mol. The molecule has 0 radical (unpaired) electrons. The summed E-state index contributed by atoms with van der Waals surface area (Å²) in [7, 11) is 1.62. The summed E-state index contributed by atoms with van der Waals surface area (Å²) in [5.74, 6) is 2.17. The van der Waals surface area contributed by atoms with Crippen LogP contribution in [0.15, 0.2) is 78.9 Å². The molecule has 160 valence electrons. The highest BCUT2D eigenvalue weighted by atomic mass is 16.5. The van der Waals surface area contributed by atoms with Gasteiger partial charge in [-0.2, -0.15) is 5.53 Å². The molecule has 0 aliphatic carbocycles. The van der Waals surface area contributed by atoms with E-state index in [-0.39, 0.29) is 12.1 Å². The van der Waals surface area contributed by atoms with E-state index in [9.17, 15) is 4.79 Å². The Morgan fingerprint density at radius 1 is 0.871 bits per heavy atom. The number of methoxy groups -OCH3 is 1. The molecule has 4 rings (SSSR count). The van der Waals surface area contributed by atoms with Crippen molar-refractivity contribution in [1.29, 1.82) is 0 Å². The second-order valence-electron chi connectivity index (χ2n) is 7.02. The molecule has 1 saturated heterocycles. The highest BCUT2D eigenvalue weighted by Gasteiger charge is 2.32. The Hall–Kier alpha value is -3.59. The topological polar surface area (TPSA) is 95.7 Å². The number of amides is 1. The number of carbonyl (C=O) groups is 1. The van der Waals surface area contributed by atoms with E-state index in [0.717, 1.165) is 28.5 Å². The molecule has 8 nitrogen and oxygen atoms in total. The number of rotatable bonds is 8. The van der Waals surface area contributed by atoms with Gasteiger partial charge in [0, 0.05) is 12.2 Å². The molecule has 2 unspecified atom stereocenters. The minimum atomic E-state index is -0.501. The van der Waals surface area contributed by atoms with E-state index in [0.29, 0.717) is 6.54 Å². The fourth-order valence-electron chi connectivity index (χ4n) is 3.17. The van der Waals surface area contributed by atoms with Crippen molar-refractivity contribution < 1.29 is 14.3 Å². The second kappa shape index (κ2) is 9.94.